The van der Waals surface area contributed by atoms with Gasteiger partial charge >= 0.3 is 6.09 Å². The number of nitrogens with one attached hydrogen (secondary N) is 1. The molecule has 0 radical (unpaired) electrons. The minimum absolute atomic E-state index is 0.0448. The number of nitrogens with zero attached hydrogens (tertiary/aromatic N) is 3. The Kier molecular flexibility index (Phi) is 6.50. The van der Waals surface area contributed by atoms with Crippen LogP contribution in [0.5, 0.6) is 11.5 Å². The van der Waals surface area contributed by atoms with Gasteiger partial charge in [-0.05, 0) is 64.4 Å². The first-order chi connectivity index (χ1) is 16.5. The average molecular weight is 485 g/mol. The number of carbonyl (C=O) groups is 2. The van der Waals surface area contributed by atoms with Crippen LogP contribution in [0, 0.1) is 11.7 Å². The van der Waals surface area contributed by atoms with E-state index in [1.54, 1.807) is 39.1 Å². The molecule has 1 N–H and O–H groups in total. The number of aliphatic imine (C=N–C) groups is 1. The predicted octanol–water partition coefficient (Wildman–Crippen LogP) is 3.99. The molecule has 2 aliphatic rings. The van der Waals surface area contributed by atoms with Gasteiger partial charge in [-0.3, -0.25) is 20.0 Å². The lowest BCUT2D eigenvalue weighted by molar-refractivity contribution is -0.144. The van der Waals surface area contributed by atoms with Crippen molar-refractivity contribution < 1.29 is 28.2 Å². The summed E-state index contributed by atoms with van der Waals surface area (Å²) in [6.07, 6.45) is 2.49. The molecule has 2 amide bonds. The number of carbonyl (C=O) groups excluding carboxylic acids is 2. The lowest BCUT2D eigenvalue weighted by Gasteiger charge is -2.47. The van der Waals surface area contributed by atoms with Crippen LogP contribution >= 0.6 is 0 Å². The molecular weight excluding hydrogens is 455 g/mol. The van der Waals surface area contributed by atoms with Crippen LogP contribution in [0.25, 0.3) is 0 Å². The van der Waals surface area contributed by atoms with Crippen molar-refractivity contribution in [2.75, 3.05) is 13.7 Å². The molecule has 1 saturated heterocycles. The second-order valence-electron chi connectivity index (χ2n) is 9.73. The smallest absolute Gasteiger partial charge is 0.414 e. The van der Waals surface area contributed by atoms with Gasteiger partial charge in [0.15, 0.2) is 0 Å². The zero-order valence-corrected chi connectivity index (χ0v) is 20.4. The van der Waals surface area contributed by atoms with Crippen LogP contribution in [0.15, 0.2) is 47.7 Å². The Morgan fingerprint density at radius 2 is 2.06 bits per heavy atom. The van der Waals surface area contributed by atoms with Crippen molar-refractivity contribution in [1.82, 2.24) is 15.2 Å². The number of ether oxygens (including phenoxy) is 3. The predicted molar refractivity (Wildman–Crippen MR) is 125 cm³/mol. The van der Waals surface area contributed by atoms with Gasteiger partial charge in [-0.1, -0.05) is 0 Å². The Balaban J connectivity index is 1.78. The number of benzene rings is 1. The molecule has 0 bridgehead atoms. The highest BCUT2D eigenvalue weighted by atomic mass is 19.1. The molecule has 9 nitrogen and oxygen atoms in total. The summed E-state index contributed by atoms with van der Waals surface area (Å²) in [6.45, 7) is 6.97. The van der Waals surface area contributed by atoms with Crippen molar-refractivity contribution in [2.45, 2.75) is 51.4 Å². The summed E-state index contributed by atoms with van der Waals surface area (Å²) in [7, 11) is 1.51. The van der Waals surface area contributed by atoms with Gasteiger partial charge in [0.25, 0.3) is 0 Å². The molecule has 35 heavy (non-hydrogen) atoms. The van der Waals surface area contributed by atoms with E-state index in [4.69, 9.17) is 19.2 Å². The van der Waals surface area contributed by atoms with E-state index >= 15 is 4.39 Å². The molecule has 186 valence electrons. The zero-order valence-electron chi connectivity index (χ0n) is 20.4. The van der Waals surface area contributed by atoms with E-state index in [9.17, 15) is 9.59 Å². The normalized spacial score (nSPS) is 24.3. The first-order valence-electron chi connectivity index (χ1n) is 11.4. The SMILES string of the molecule is C[C@H]1C[C@H]2C(=O)N(C)C(NC(=O)OC(C)(C)C)=N[C@@]2(c2cc(Oc3cccnc3)ccc2F)CO1. The zero-order chi connectivity index (χ0) is 25.4. The van der Waals surface area contributed by atoms with Gasteiger partial charge in [-0.25, -0.2) is 14.2 Å². The molecule has 0 aliphatic carbocycles. The Labute approximate surface area is 203 Å². The van der Waals surface area contributed by atoms with Crippen LogP contribution in [0.2, 0.25) is 0 Å². The molecule has 2 aromatic rings. The minimum Gasteiger partial charge on any atom is -0.456 e. The average Bonchev–Trinajstić information content (AvgIpc) is 2.79. The Morgan fingerprint density at radius 3 is 2.74 bits per heavy atom. The summed E-state index contributed by atoms with van der Waals surface area (Å²) >= 11 is 0. The largest absolute Gasteiger partial charge is 0.456 e. The third kappa shape index (κ3) is 5.12. The summed E-state index contributed by atoms with van der Waals surface area (Å²) < 4.78 is 32.4. The maximum Gasteiger partial charge on any atom is 0.414 e. The van der Waals surface area contributed by atoms with Gasteiger partial charge in [0, 0.05) is 18.8 Å². The van der Waals surface area contributed by atoms with E-state index in [-0.39, 0.29) is 30.1 Å². The number of amides is 2. The third-order valence-corrected chi connectivity index (χ3v) is 5.87. The fourth-order valence-corrected chi connectivity index (χ4v) is 4.26. The van der Waals surface area contributed by atoms with Crippen LogP contribution in [-0.4, -0.2) is 53.2 Å². The van der Waals surface area contributed by atoms with E-state index in [0.29, 0.717) is 17.9 Å². The molecule has 2 aliphatic heterocycles. The lowest BCUT2D eigenvalue weighted by Crippen LogP contribution is -2.61. The quantitative estimate of drug-likeness (QED) is 0.707. The first-order valence-corrected chi connectivity index (χ1v) is 11.4. The molecule has 3 heterocycles. The number of pyridine rings is 1. The third-order valence-electron chi connectivity index (χ3n) is 5.87. The fourth-order valence-electron chi connectivity index (χ4n) is 4.26. The van der Waals surface area contributed by atoms with Gasteiger partial charge in [-0.15, -0.1) is 0 Å². The van der Waals surface area contributed by atoms with Crippen LogP contribution in [-0.2, 0) is 19.8 Å². The van der Waals surface area contributed by atoms with Gasteiger partial charge in [0.2, 0.25) is 11.9 Å². The maximum atomic E-state index is 15.4. The van der Waals surface area contributed by atoms with Crippen molar-refractivity contribution in [3.8, 4) is 11.5 Å². The van der Waals surface area contributed by atoms with Crippen LogP contribution in [0.3, 0.4) is 0 Å². The second-order valence-corrected chi connectivity index (χ2v) is 9.73. The van der Waals surface area contributed by atoms with E-state index in [1.807, 2.05) is 6.92 Å². The lowest BCUT2D eigenvalue weighted by atomic mass is 9.72. The first kappa shape index (κ1) is 24.6. The van der Waals surface area contributed by atoms with Crippen LogP contribution in [0.4, 0.5) is 9.18 Å². The van der Waals surface area contributed by atoms with E-state index in [2.05, 4.69) is 10.3 Å². The molecule has 4 rings (SSSR count). The molecule has 3 atom stereocenters. The Bertz CT molecular complexity index is 1150. The summed E-state index contributed by atoms with van der Waals surface area (Å²) in [6, 6.07) is 7.72. The molecule has 1 fully saturated rings. The molecule has 10 heteroatoms. The van der Waals surface area contributed by atoms with Gasteiger partial charge in [0.1, 0.15) is 28.5 Å². The monoisotopic (exact) mass is 484 g/mol. The number of alkyl carbamates (subject to hydrolysis) is 1. The maximum absolute atomic E-state index is 15.4. The van der Waals surface area contributed by atoms with Crippen molar-refractivity contribution in [1.29, 1.82) is 0 Å². The summed E-state index contributed by atoms with van der Waals surface area (Å²) in [4.78, 5) is 36.0. The number of hydrogen-bond acceptors (Lipinski definition) is 7. The molecule has 1 aromatic heterocycles. The summed E-state index contributed by atoms with van der Waals surface area (Å²) in [5, 5.41) is 2.54. The number of fused-ring (bicyclic) bond motifs is 1. The van der Waals surface area contributed by atoms with E-state index in [0.717, 1.165) is 0 Å². The highest BCUT2D eigenvalue weighted by molar-refractivity contribution is 6.05. The van der Waals surface area contributed by atoms with Gasteiger partial charge in [0.05, 0.1) is 24.8 Å². The number of rotatable bonds is 3. The molecule has 0 unspecified atom stereocenters. The van der Waals surface area contributed by atoms with Gasteiger partial charge < -0.3 is 14.2 Å². The number of hydrogen-bond donors (Lipinski definition) is 1. The highest BCUT2D eigenvalue weighted by Gasteiger charge is 2.54. The summed E-state index contributed by atoms with van der Waals surface area (Å²) in [5.74, 6) is -0.795. The van der Waals surface area contributed by atoms with Crippen molar-refractivity contribution >= 4 is 18.0 Å². The molecular formula is C25H29FN4O5. The Morgan fingerprint density at radius 1 is 1.29 bits per heavy atom. The summed E-state index contributed by atoms with van der Waals surface area (Å²) in [5.41, 5.74) is -2.02. The van der Waals surface area contributed by atoms with Crippen molar-refractivity contribution in [3.05, 3.63) is 54.1 Å². The van der Waals surface area contributed by atoms with E-state index in [1.165, 1.54) is 36.3 Å². The number of halogens is 1. The fraction of sp³-hybridized carbons (Fsp3) is 0.440. The van der Waals surface area contributed by atoms with E-state index < -0.39 is 29.0 Å². The molecule has 0 spiro atoms. The molecule has 1 aromatic carbocycles. The number of guanidine groups is 1. The van der Waals surface area contributed by atoms with Gasteiger partial charge in [-0.2, -0.15) is 0 Å². The molecule has 0 saturated carbocycles. The highest BCUT2D eigenvalue weighted by Crippen LogP contribution is 2.46. The van der Waals surface area contributed by atoms with Crippen LogP contribution in [0.1, 0.15) is 39.7 Å². The Hall–Kier alpha value is -3.53. The van der Waals surface area contributed by atoms with Crippen LogP contribution < -0.4 is 10.1 Å². The topological polar surface area (TPSA) is 102 Å². The second kappa shape index (κ2) is 9.26. The number of aromatic nitrogens is 1. The van der Waals surface area contributed by atoms with Crippen molar-refractivity contribution in [3.63, 3.8) is 0 Å². The van der Waals surface area contributed by atoms with Crippen molar-refractivity contribution in [2.24, 2.45) is 10.9 Å². The minimum atomic E-state index is -1.40. The standard InChI is InChI=1S/C25H29FN4O5/c1-15-11-19-21(31)30(5)22(28-23(32)35-24(2,3)4)29-25(19,14-33-15)18-12-16(8-9-20(18)26)34-17-7-6-10-27-13-17/h6-10,12-13,15,19H,11,14H2,1-5H3,(H,28,29,32)/t15-,19-,25+/m0/s1.